The molecule has 4 nitrogen and oxygen atoms in total. The summed E-state index contributed by atoms with van der Waals surface area (Å²) >= 11 is 5.97. The zero-order chi connectivity index (χ0) is 12.8. The number of nitrogens with zero attached hydrogens (tertiary/aromatic N) is 2. The number of rotatable bonds is 1. The molecular weight excluding hydrogens is 238 g/mol. The highest BCUT2D eigenvalue weighted by molar-refractivity contribution is 6.30. The summed E-state index contributed by atoms with van der Waals surface area (Å²) in [6.07, 6.45) is 0. The molecule has 0 unspecified atom stereocenters. The first-order chi connectivity index (χ1) is 7.89. The Kier molecular flexibility index (Phi) is 2.62. The van der Waals surface area contributed by atoms with Crippen molar-refractivity contribution in [2.75, 3.05) is 14.1 Å². The van der Waals surface area contributed by atoms with Gasteiger partial charge in [-0.15, -0.1) is 0 Å². The number of carbonyl (C=O) groups is 1. The summed E-state index contributed by atoms with van der Waals surface area (Å²) in [5.41, 5.74) is 0.0895. The molecule has 2 amide bonds. The topological polar surface area (TPSA) is 47.4 Å². The van der Waals surface area contributed by atoms with Gasteiger partial charge >= 0.3 is 6.03 Å². The lowest BCUT2D eigenvalue weighted by Gasteiger charge is -2.30. The Morgan fingerprint density at radius 1 is 1.35 bits per heavy atom. The molecule has 0 spiro atoms. The fraction of sp³-hybridized carbons (Fsp3) is 0.333. The molecule has 90 valence electrons. The van der Waals surface area contributed by atoms with Gasteiger partial charge in [-0.25, -0.2) is 4.79 Å². The monoisotopic (exact) mass is 251 g/mol. The van der Waals surface area contributed by atoms with Gasteiger partial charge in [0.2, 0.25) is 0 Å². The van der Waals surface area contributed by atoms with E-state index < -0.39 is 5.54 Å². The summed E-state index contributed by atoms with van der Waals surface area (Å²) in [7, 11) is 3.30. The number of hydrogen-bond donors (Lipinski definition) is 1. The third kappa shape index (κ3) is 1.52. The Hall–Kier alpha value is -1.55. The third-order valence-electron chi connectivity index (χ3n) is 3.43. The molecular formula is C12H14ClN3O. The molecule has 2 rings (SSSR count). The van der Waals surface area contributed by atoms with Crippen LogP contribution in [0.25, 0.3) is 0 Å². The average Bonchev–Trinajstić information content (AvgIpc) is 2.46. The van der Waals surface area contributed by atoms with Crippen LogP contribution in [0.3, 0.4) is 0 Å². The van der Waals surface area contributed by atoms with Crippen LogP contribution in [0.4, 0.5) is 4.79 Å². The van der Waals surface area contributed by atoms with Crippen LogP contribution in [0.2, 0.25) is 5.02 Å². The van der Waals surface area contributed by atoms with Crippen molar-refractivity contribution in [3.05, 3.63) is 34.9 Å². The molecule has 1 aromatic carbocycles. The van der Waals surface area contributed by atoms with Gasteiger partial charge in [-0.2, -0.15) is 0 Å². The van der Waals surface area contributed by atoms with Crippen molar-refractivity contribution >= 4 is 23.5 Å². The van der Waals surface area contributed by atoms with E-state index in [0.29, 0.717) is 5.02 Å². The Balaban J connectivity index is 2.56. The molecule has 1 N–H and O–H groups in total. The van der Waals surface area contributed by atoms with E-state index >= 15 is 0 Å². The second-order valence-corrected chi connectivity index (χ2v) is 4.77. The number of nitrogens with one attached hydrogen (secondary N) is 1. The summed E-state index contributed by atoms with van der Waals surface area (Å²) in [4.78, 5) is 14.8. The van der Waals surface area contributed by atoms with Crippen LogP contribution < -0.4 is 0 Å². The summed E-state index contributed by atoms with van der Waals surface area (Å²) in [6.45, 7) is 1.85. The van der Waals surface area contributed by atoms with Crippen LogP contribution in [0.15, 0.2) is 24.3 Å². The molecule has 17 heavy (non-hydrogen) atoms. The van der Waals surface area contributed by atoms with Crippen molar-refractivity contribution in [2.45, 2.75) is 12.5 Å². The highest BCUT2D eigenvalue weighted by Gasteiger charge is 2.49. The number of urea groups is 1. The molecule has 0 aromatic heterocycles. The van der Waals surface area contributed by atoms with Gasteiger partial charge in [0.05, 0.1) is 0 Å². The van der Waals surface area contributed by atoms with E-state index in [4.69, 9.17) is 17.0 Å². The molecule has 0 radical (unpaired) electrons. The van der Waals surface area contributed by atoms with Gasteiger partial charge < -0.3 is 4.90 Å². The van der Waals surface area contributed by atoms with Crippen molar-refractivity contribution in [3.8, 4) is 0 Å². The van der Waals surface area contributed by atoms with E-state index in [2.05, 4.69) is 0 Å². The molecule has 5 heteroatoms. The second-order valence-electron chi connectivity index (χ2n) is 4.33. The van der Waals surface area contributed by atoms with E-state index in [9.17, 15) is 4.79 Å². The van der Waals surface area contributed by atoms with E-state index in [1.165, 1.54) is 4.90 Å². The minimum Gasteiger partial charge on any atom is -0.311 e. The molecule has 0 saturated carbocycles. The zero-order valence-electron chi connectivity index (χ0n) is 9.99. The lowest BCUT2D eigenvalue weighted by Crippen LogP contribution is -2.41. The zero-order valence-corrected chi connectivity index (χ0v) is 10.7. The molecule has 1 aliphatic heterocycles. The van der Waals surface area contributed by atoms with Crippen LogP contribution >= 0.6 is 11.6 Å². The van der Waals surface area contributed by atoms with Crippen molar-refractivity contribution in [3.63, 3.8) is 0 Å². The smallest absolute Gasteiger partial charge is 0.311 e. The Morgan fingerprint density at radius 3 is 2.47 bits per heavy atom. The van der Waals surface area contributed by atoms with Crippen LogP contribution in [0, 0.1) is 5.41 Å². The first-order valence-corrected chi connectivity index (χ1v) is 5.63. The van der Waals surface area contributed by atoms with Gasteiger partial charge in [0.1, 0.15) is 11.4 Å². The van der Waals surface area contributed by atoms with Gasteiger partial charge in [-0.05, 0) is 24.6 Å². The summed E-state index contributed by atoms with van der Waals surface area (Å²) < 4.78 is 0. The molecule has 0 bridgehead atoms. The lowest BCUT2D eigenvalue weighted by molar-refractivity contribution is 0.187. The Bertz CT molecular complexity index is 502. The predicted octanol–water partition coefficient (Wildman–Crippen LogP) is 2.53. The molecule has 0 aliphatic carbocycles. The van der Waals surface area contributed by atoms with Gasteiger partial charge in [-0.1, -0.05) is 23.7 Å². The van der Waals surface area contributed by atoms with Gasteiger partial charge in [0, 0.05) is 19.1 Å². The van der Waals surface area contributed by atoms with E-state index in [0.717, 1.165) is 5.56 Å². The van der Waals surface area contributed by atoms with E-state index in [1.807, 2.05) is 19.1 Å². The fourth-order valence-corrected chi connectivity index (χ4v) is 2.31. The minimum absolute atomic E-state index is 0.183. The SMILES string of the molecule is CN1C(=N)[C@](C)(c2cccc(Cl)c2)N(C)C1=O. The largest absolute Gasteiger partial charge is 0.326 e. The van der Waals surface area contributed by atoms with E-state index in [1.54, 1.807) is 31.1 Å². The number of halogens is 1. The number of benzene rings is 1. The van der Waals surface area contributed by atoms with Crippen molar-refractivity contribution in [2.24, 2.45) is 0 Å². The second kappa shape index (κ2) is 3.74. The molecule has 1 aromatic rings. The van der Waals surface area contributed by atoms with Crippen molar-refractivity contribution in [1.82, 2.24) is 9.80 Å². The number of carbonyl (C=O) groups excluding carboxylic acids is 1. The molecule has 1 aliphatic rings. The van der Waals surface area contributed by atoms with Crippen LogP contribution in [0.5, 0.6) is 0 Å². The number of amidine groups is 1. The Morgan fingerprint density at radius 2 is 2.00 bits per heavy atom. The normalized spacial score (nSPS) is 24.7. The quantitative estimate of drug-likeness (QED) is 0.819. The number of amides is 2. The molecule has 1 heterocycles. The van der Waals surface area contributed by atoms with Crippen LogP contribution in [-0.2, 0) is 5.54 Å². The maximum Gasteiger partial charge on any atom is 0.326 e. The lowest BCUT2D eigenvalue weighted by atomic mass is 9.90. The maximum absolute atomic E-state index is 11.9. The van der Waals surface area contributed by atoms with E-state index in [-0.39, 0.29) is 11.9 Å². The van der Waals surface area contributed by atoms with Crippen LogP contribution in [-0.4, -0.2) is 35.8 Å². The molecule has 1 fully saturated rings. The van der Waals surface area contributed by atoms with Gasteiger partial charge in [0.25, 0.3) is 0 Å². The fourth-order valence-electron chi connectivity index (χ4n) is 2.12. The standard InChI is InChI=1S/C12H14ClN3O/c1-12(8-5-4-6-9(13)7-8)10(14)15(2)11(17)16(12)3/h4-7,14H,1-3H3/t12-/m0/s1. The average molecular weight is 252 g/mol. The maximum atomic E-state index is 11.9. The number of hydrogen-bond acceptors (Lipinski definition) is 2. The minimum atomic E-state index is -0.753. The Labute approximate surface area is 105 Å². The number of likely N-dealkylation sites (N-methyl/N-ethyl adjacent to an activating group) is 2. The van der Waals surface area contributed by atoms with Crippen molar-refractivity contribution < 1.29 is 4.79 Å². The third-order valence-corrected chi connectivity index (χ3v) is 3.66. The van der Waals surface area contributed by atoms with Crippen LogP contribution in [0.1, 0.15) is 12.5 Å². The summed E-state index contributed by atoms with van der Waals surface area (Å²) in [6, 6.07) is 7.09. The predicted molar refractivity (Wildman–Crippen MR) is 67.5 cm³/mol. The molecule has 1 saturated heterocycles. The highest BCUT2D eigenvalue weighted by Crippen LogP contribution is 2.36. The summed E-state index contributed by atoms with van der Waals surface area (Å²) in [5, 5.41) is 8.70. The van der Waals surface area contributed by atoms with Gasteiger partial charge in [0.15, 0.2) is 0 Å². The first-order valence-electron chi connectivity index (χ1n) is 5.25. The molecule has 1 atom stereocenters. The van der Waals surface area contributed by atoms with Crippen molar-refractivity contribution in [1.29, 1.82) is 5.41 Å². The summed E-state index contributed by atoms with van der Waals surface area (Å²) in [5.74, 6) is 0.257. The highest BCUT2D eigenvalue weighted by atomic mass is 35.5. The van der Waals surface area contributed by atoms with Gasteiger partial charge in [-0.3, -0.25) is 10.3 Å². The first kappa shape index (κ1) is 11.9.